The summed E-state index contributed by atoms with van der Waals surface area (Å²) in [6, 6.07) is 9.54. The molecule has 25 heavy (non-hydrogen) atoms. The van der Waals surface area contributed by atoms with Gasteiger partial charge in [0.2, 0.25) is 11.1 Å². The molecule has 0 aliphatic rings. The van der Waals surface area contributed by atoms with Gasteiger partial charge in [0.1, 0.15) is 5.75 Å². The van der Waals surface area contributed by atoms with Gasteiger partial charge in [-0.3, -0.25) is 4.79 Å². The Morgan fingerprint density at radius 3 is 2.92 bits per heavy atom. The Kier molecular flexibility index (Phi) is 5.18. The van der Waals surface area contributed by atoms with Gasteiger partial charge in [0.05, 0.1) is 12.9 Å². The third-order valence-corrected chi connectivity index (χ3v) is 4.39. The summed E-state index contributed by atoms with van der Waals surface area (Å²) >= 11 is 1.29. The van der Waals surface area contributed by atoms with Crippen LogP contribution in [0, 0.1) is 13.8 Å². The minimum Gasteiger partial charge on any atom is -0.497 e. The van der Waals surface area contributed by atoms with E-state index in [0.717, 1.165) is 22.7 Å². The van der Waals surface area contributed by atoms with Crippen LogP contribution in [-0.4, -0.2) is 38.4 Å². The van der Waals surface area contributed by atoms with Gasteiger partial charge < -0.3 is 10.1 Å². The number of methoxy groups -OCH3 is 1. The lowest BCUT2D eigenvalue weighted by molar-refractivity contribution is -0.118. The summed E-state index contributed by atoms with van der Waals surface area (Å²) in [4.78, 5) is 20.7. The van der Waals surface area contributed by atoms with Gasteiger partial charge in [-0.05, 0) is 37.6 Å². The summed E-state index contributed by atoms with van der Waals surface area (Å²) in [5, 5.41) is 7.80. The smallest absolute Gasteiger partial charge is 0.253 e. The number of rotatable bonds is 6. The van der Waals surface area contributed by atoms with Crippen molar-refractivity contribution in [1.29, 1.82) is 0 Å². The Balaban J connectivity index is 1.56. The lowest BCUT2D eigenvalue weighted by Gasteiger charge is -2.06. The minimum atomic E-state index is -0.0764. The van der Waals surface area contributed by atoms with E-state index in [-0.39, 0.29) is 11.7 Å². The number of nitrogens with zero attached hydrogens (tertiary/aromatic N) is 4. The van der Waals surface area contributed by atoms with Gasteiger partial charge in [0.15, 0.2) is 0 Å². The minimum absolute atomic E-state index is 0.0764. The average molecular weight is 357 g/mol. The highest BCUT2D eigenvalue weighted by Gasteiger charge is 2.10. The molecule has 130 valence electrons. The summed E-state index contributed by atoms with van der Waals surface area (Å²) in [6.07, 6.45) is 0. The normalized spacial score (nSPS) is 10.8. The zero-order valence-corrected chi connectivity index (χ0v) is 15.1. The van der Waals surface area contributed by atoms with Gasteiger partial charge in [-0.1, -0.05) is 23.9 Å². The molecule has 0 bridgehead atoms. The molecule has 1 amide bonds. The van der Waals surface area contributed by atoms with E-state index in [1.54, 1.807) is 11.6 Å². The van der Waals surface area contributed by atoms with E-state index in [1.165, 1.54) is 11.8 Å². The molecule has 3 aromatic rings. The van der Waals surface area contributed by atoms with Crippen LogP contribution in [0.25, 0.3) is 5.78 Å². The largest absolute Gasteiger partial charge is 0.497 e. The Labute approximate surface area is 149 Å². The predicted octanol–water partition coefficient (Wildman–Crippen LogP) is 2.16. The van der Waals surface area contributed by atoms with Crippen LogP contribution in [0.3, 0.4) is 0 Å². The zero-order valence-electron chi connectivity index (χ0n) is 14.3. The molecule has 2 aromatic heterocycles. The molecule has 0 saturated heterocycles. The molecular weight excluding hydrogens is 338 g/mol. The molecule has 0 spiro atoms. The molecule has 8 heteroatoms. The molecule has 7 nitrogen and oxygen atoms in total. The SMILES string of the molecule is COc1cccc(CNC(=O)CSc2nc3nc(C)cc(C)n3n2)c1. The molecule has 0 radical (unpaired) electrons. The van der Waals surface area contributed by atoms with Crippen molar-refractivity contribution in [3.8, 4) is 5.75 Å². The van der Waals surface area contributed by atoms with Crippen molar-refractivity contribution < 1.29 is 9.53 Å². The Bertz CT molecular complexity index is 909. The van der Waals surface area contributed by atoms with E-state index in [9.17, 15) is 4.79 Å². The first-order valence-corrected chi connectivity index (χ1v) is 8.77. The number of amides is 1. The van der Waals surface area contributed by atoms with E-state index in [0.29, 0.717) is 17.5 Å². The zero-order chi connectivity index (χ0) is 17.8. The number of thioether (sulfide) groups is 1. The second-order valence-corrected chi connectivity index (χ2v) is 6.50. The second-order valence-electron chi connectivity index (χ2n) is 5.56. The van der Waals surface area contributed by atoms with Gasteiger partial charge in [0, 0.05) is 17.9 Å². The molecular formula is C17H19N5O2S. The number of fused-ring (bicyclic) bond motifs is 1. The fourth-order valence-corrected chi connectivity index (χ4v) is 3.02. The molecule has 3 rings (SSSR count). The number of carbonyl (C=O) groups excluding carboxylic acids is 1. The number of benzene rings is 1. The monoisotopic (exact) mass is 357 g/mol. The van der Waals surface area contributed by atoms with E-state index in [4.69, 9.17) is 4.74 Å². The number of nitrogens with one attached hydrogen (secondary N) is 1. The molecule has 0 atom stereocenters. The maximum Gasteiger partial charge on any atom is 0.253 e. The molecule has 0 fully saturated rings. The summed E-state index contributed by atoms with van der Waals surface area (Å²) in [6.45, 7) is 4.32. The first-order chi connectivity index (χ1) is 12.0. The van der Waals surface area contributed by atoms with E-state index in [1.807, 2.05) is 44.2 Å². The number of carbonyl (C=O) groups is 1. The standard InChI is InChI=1S/C17H19N5O2S/c1-11-7-12(2)22-16(19-11)20-17(21-22)25-10-15(23)18-9-13-5-4-6-14(8-13)24-3/h4-8H,9-10H2,1-3H3,(H,18,23). The molecule has 2 heterocycles. The summed E-state index contributed by atoms with van der Waals surface area (Å²) in [5.74, 6) is 1.50. The fraction of sp³-hybridized carbons (Fsp3) is 0.294. The Morgan fingerprint density at radius 1 is 1.28 bits per heavy atom. The molecule has 0 unspecified atom stereocenters. The van der Waals surface area contributed by atoms with Crippen LogP contribution >= 0.6 is 11.8 Å². The number of hydrogen-bond acceptors (Lipinski definition) is 6. The maximum absolute atomic E-state index is 12.0. The third kappa shape index (κ3) is 4.27. The number of hydrogen-bond donors (Lipinski definition) is 1. The third-order valence-electron chi connectivity index (χ3n) is 3.56. The lowest BCUT2D eigenvalue weighted by atomic mass is 10.2. The van der Waals surface area contributed by atoms with Crippen LogP contribution in [-0.2, 0) is 11.3 Å². The number of aromatic nitrogens is 4. The van der Waals surface area contributed by atoms with Gasteiger partial charge in [0.25, 0.3) is 5.78 Å². The van der Waals surface area contributed by atoms with Gasteiger partial charge in [-0.25, -0.2) is 9.50 Å². The summed E-state index contributed by atoms with van der Waals surface area (Å²) < 4.78 is 6.86. The second kappa shape index (κ2) is 7.52. The molecule has 0 saturated carbocycles. The van der Waals surface area contributed by atoms with Crippen LogP contribution in [0.2, 0.25) is 0 Å². The fourth-order valence-electron chi connectivity index (χ4n) is 2.37. The van der Waals surface area contributed by atoms with Gasteiger partial charge in [-0.2, -0.15) is 4.98 Å². The Morgan fingerprint density at radius 2 is 2.12 bits per heavy atom. The average Bonchev–Trinajstić information content (AvgIpc) is 3.01. The van der Waals surface area contributed by atoms with Crippen LogP contribution in [0.1, 0.15) is 17.0 Å². The molecule has 1 aromatic carbocycles. The van der Waals surface area contributed by atoms with Crippen molar-refractivity contribution in [2.45, 2.75) is 25.5 Å². The van der Waals surface area contributed by atoms with Crippen LogP contribution < -0.4 is 10.1 Å². The number of aryl methyl sites for hydroxylation is 2. The first-order valence-electron chi connectivity index (χ1n) is 7.78. The highest BCUT2D eigenvalue weighted by Crippen LogP contribution is 2.15. The van der Waals surface area contributed by atoms with E-state index in [2.05, 4.69) is 20.4 Å². The van der Waals surface area contributed by atoms with Crippen LogP contribution in [0.15, 0.2) is 35.5 Å². The van der Waals surface area contributed by atoms with Gasteiger partial charge in [-0.15, -0.1) is 5.10 Å². The summed E-state index contributed by atoms with van der Waals surface area (Å²) in [5.41, 5.74) is 2.84. The highest BCUT2D eigenvalue weighted by atomic mass is 32.2. The maximum atomic E-state index is 12.0. The van der Waals surface area contributed by atoms with Crippen LogP contribution in [0.4, 0.5) is 0 Å². The molecule has 1 N–H and O–H groups in total. The topological polar surface area (TPSA) is 81.4 Å². The number of ether oxygens (including phenoxy) is 1. The Hall–Kier alpha value is -2.61. The quantitative estimate of drug-likeness (QED) is 0.681. The van der Waals surface area contributed by atoms with Crippen molar-refractivity contribution in [2.75, 3.05) is 12.9 Å². The van der Waals surface area contributed by atoms with Crippen molar-refractivity contribution in [3.63, 3.8) is 0 Å². The first kappa shape index (κ1) is 17.2. The summed E-state index contributed by atoms with van der Waals surface area (Å²) in [7, 11) is 1.62. The van der Waals surface area contributed by atoms with E-state index >= 15 is 0 Å². The van der Waals surface area contributed by atoms with E-state index < -0.39 is 0 Å². The van der Waals surface area contributed by atoms with Crippen molar-refractivity contribution in [3.05, 3.63) is 47.3 Å². The van der Waals surface area contributed by atoms with Crippen molar-refractivity contribution >= 4 is 23.4 Å². The van der Waals surface area contributed by atoms with Gasteiger partial charge >= 0.3 is 0 Å². The lowest BCUT2D eigenvalue weighted by Crippen LogP contribution is -2.24. The molecule has 0 aliphatic heterocycles. The van der Waals surface area contributed by atoms with Crippen LogP contribution in [0.5, 0.6) is 5.75 Å². The van der Waals surface area contributed by atoms with Crippen molar-refractivity contribution in [2.24, 2.45) is 0 Å². The predicted molar refractivity (Wildman–Crippen MR) is 95.8 cm³/mol. The van der Waals surface area contributed by atoms with Crippen molar-refractivity contribution in [1.82, 2.24) is 24.9 Å². The highest BCUT2D eigenvalue weighted by molar-refractivity contribution is 7.99. The molecule has 0 aliphatic carbocycles.